The molecule has 0 radical (unpaired) electrons. The van der Waals surface area contributed by atoms with Gasteiger partial charge >= 0.3 is 0 Å². The molecule has 1 saturated heterocycles. The van der Waals surface area contributed by atoms with E-state index in [1.165, 1.54) is 0 Å². The Morgan fingerprint density at radius 1 is 0.971 bits per heavy atom. The lowest BCUT2D eigenvalue weighted by Crippen LogP contribution is -2.67. The van der Waals surface area contributed by atoms with Gasteiger partial charge in [0.15, 0.2) is 5.54 Å². The van der Waals surface area contributed by atoms with E-state index in [2.05, 4.69) is 39.1 Å². The van der Waals surface area contributed by atoms with Crippen molar-refractivity contribution in [1.82, 2.24) is 14.8 Å². The Labute approximate surface area is 206 Å². The molecule has 170 valence electrons. The first-order valence-electron chi connectivity index (χ1n) is 11.5. The first-order chi connectivity index (χ1) is 16.5. The second-order valence-corrected chi connectivity index (χ2v) is 10.2. The average molecular weight is 514 g/mol. The normalized spacial score (nSPS) is 22.1. The molecule has 3 aromatic carbocycles. The molecule has 1 fully saturated rings. The molecule has 2 atom stereocenters. The van der Waals surface area contributed by atoms with Gasteiger partial charge in [0.2, 0.25) is 5.91 Å². The maximum Gasteiger partial charge on any atom is 0.255 e. The highest BCUT2D eigenvalue weighted by Gasteiger charge is 2.56. The molecule has 3 heterocycles. The van der Waals surface area contributed by atoms with Crippen LogP contribution >= 0.6 is 15.9 Å². The fraction of sp³-hybridized carbons (Fsp3) is 0.214. The van der Waals surface area contributed by atoms with Crippen molar-refractivity contribution in [2.45, 2.75) is 24.9 Å². The van der Waals surface area contributed by atoms with Gasteiger partial charge in [0.05, 0.1) is 5.69 Å². The van der Waals surface area contributed by atoms with Gasteiger partial charge in [0, 0.05) is 34.4 Å². The molecule has 1 N–H and O–H groups in total. The Balaban J connectivity index is 1.52. The number of hydrogen-bond acceptors (Lipinski definition) is 2. The van der Waals surface area contributed by atoms with E-state index < -0.39 is 5.54 Å². The third kappa shape index (κ3) is 3.12. The van der Waals surface area contributed by atoms with Crippen molar-refractivity contribution in [3.05, 3.63) is 106 Å². The van der Waals surface area contributed by atoms with Crippen LogP contribution in [0.2, 0.25) is 0 Å². The second-order valence-electron chi connectivity index (χ2n) is 9.29. The Bertz CT molecular complexity index is 1410. The number of halogens is 1. The lowest BCUT2D eigenvalue weighted by atomic mass is 9.76. The third-order valence-corrected chi connectivity index (χ3v) is 7.83. The average Bonchev–Trinajstić information content (AvgIpc) is 3.25. The Morgan fingerprint density at radius 2 is 1.68 bits per heavy atom. The number of carbonyl (C=O) groups is 2. The molecule has 6 rings (SSSR count). The summed E-state index contributed by atoms with van der Waals surface area (Å²) in [5.41, 5.74) is 3.98. The highest BCUT2D eigenvalue weighted by Crippen LogP contribution is 2.48. The van der Waals surface area contributed by atoms with E-state index in [1.54, 1.807) is 9.80 Å². The van der Waals surface area contributed by atoms with Crippen LogP contribution in [0.1, 0.15) is 35.2 Å². The van der Waals surface area contributed by atoms with E-state index in [9.17, 15) is 9.59 Å². The Hall–Kier alpha value is -3.38. The number of hydrogen-bond donors (Lipinski definition) is 1. The molecule has 5 nitrogen and oxygen atoms in total. The molecule has 4 aromatic rings. The number of para-hydroxylation sites is 1. The Morgan fingerprint density at radius 3 is 2.44 bits per heavy atom. The zero-order chi connectivity index (χ0) is 23.4. The topological polar surface area (TPSA) is 56.4 Å². The maximum atomic E-state index is 14.1. The van der Waals surface area contributed by atoms with E-state index in [-0.39, 0.29) is 24.3 Å². The fourth-order valence-corrected chi connectivity index (χ4v) is 5.87. The van der Waals surface area contributed by atoms with Crippen LogP contribution in [0.4, 0.5) is 0 Å². The van der Waals surface area contributed by atoms with E-state index in [0.717, 1.165) is 37.8 Å². The van der Waals surface area contributed by atoms with Crippen LogP contribution in [-0.4, -0.2) is 39.7 Å². The molecule has 34 heavy (non-hydrogen) atoms. The summed E-state index contributed by atoms with van der Waals surface area (Å²) in [5, 5.41) is 1.10. The van der Waals surface area contributed by atoms with E-state index in [4.69, 9.17) is 0 Å². The molecular formula is C28H24BrN3O2. The summed E-state index contributed by atoms with van der Waals surface area (Å²) in [4.78, 5) is 34.7. The molecule has 0 aliphatic carbocycles. The van der Waals surface area contributed by atoms with E-state index >= 15 is 0 Å². The summed E-state index contributed by atoms with van der Waals surface area (Å²) < 4.78 is 1.01. The van der Waals surface area contributed by atoms with E-state index in [0.29, 0.717) is 13.1 Å². The van der Waals surface area contributed by atoms with Crippen molar-refractivity contribution >= 4 is 38.6 Å². The van der Waals surface area contributed by atoms with Crippen molar-refractivity contribution < 1.29 is 9.59 Å². The molecular weight excluding hydrogens is 490 g/mol. The standard InChI is InChI=1S/C28H24BrN3O2/c1-28-26-25(21-9-5-6-10-23(21)30-26)22(19-11-13-20(29)14-12-19)16-32(28)24(33)17-31(27(28)34)15-18-7-3-2-4-8-18/h2-14,22,30H,15-17H2,1H3/t22-,28+/m1/s1. The van der Waals surface area contributed by atoms with Crippen LogP contribution in [-0.2, 0) is 21.7 Å². The number of benzene rings is 3. The molecule has 2 amide bonds. The summed E-state index contributed by atoms with van der Waals surface area (Å²) in [6.07, 6.45) is 0. The summed E-state index contributed by atoms with van der Waals surface area (Å²) in [6, 6.07) is 26.3. The van der Waals surface area contributed by atoms with Crippen LogP contribution in [0.3, 0.4) is 0 Å². The van der Waals surface area contributed by atoms with Crippen molar-refractivity contribution in [1.29, 1.82) is 0 Å². The largest absolute Gasteiger partial charge is 0.356 e. The monoisotopic (exact) mass is 513 g/mol. The van der Waals surface area contributed by atoms with Gasteiger partial charge in [-0.25, -0.2) is 0 Å². The number of fused-ring (bicyclic) bond motifs is 5. The van der Waals surface area contributed by atoms with Gasteiger partial charge in [-0.05, 0) is 41.8 Å². The van der Waals surface area contributed by atoms with Gasteiger partial charge in [-0.2, -0.15) is 0 Å². The maximum absolute atomic E-state index is 14.1. The first-order valence-corrected chi connectivity index (χ1v) is 12.3. The number of aromatic nitrogens is 1. The molecule has 0 spiro atoms. The lowest BCUT2D eigenvalue weighted by Gasteiger charge is -2.51. The zero-order valence-corrected chi connectivity index (χ0v) is 20.4. The molecule has 2 aliphatic rings. The number of H-pyrrole nitrogens is 1. The van der Waals surface area contributed by atoms with Gasteiger partial charge in [0.25, 0.3) is 5.91 Å². The summed E-state index contributed by atoms with van der Waals surface area (Å²) >= 11 is 3.53. The Kier molecular flexibility index (Phi) is 4.88. The molecule has 0 saturated carbocycles. The summed E-state index contributed by atoms with van der Waals surface area (Å²) in [5.74, 6) is -0.0905. The number of carbonyl (C=O) groups excluding carboxylic acids is 2. The molecule has 2 aliphatic heterocycles. The predicted molar refractivity (Wildman–Crippen MR) is 135 cm³/mol. The SMILES string of the molecule is C[C@]12C(=O)N(Cc3ccccc3)CC(=O)N1C[C@H](c1ccc(Br)cc1)c1c2[nH]c2ccccc12. The molecule has 0 bridgehead atoms. The van der Waals surface area contributed by atoms with Gasteiger partial charge in [-0.3, -0.25) is 9.59 Å². The van der Waals surface area contributed by atoms with Gasteiger partial charge in [0.1, 0.15) is 6.54 Å². The van der Waals surface area contributed by atoms with Crippen molar-refractivity contribution in [3.8, 4) is 0 Å². The van der Waals surface area contributed by atoms with Crippen molar-refractivity contribution in [3.63, 3.8) is 0 Å². The fourth-order valence-electron chi connectivity index (χ4n) is 5.60. The first kappa shape index (κ1) is 21.2. The summed E-state index contributed by atoms with van der Waals surface area (Å²) in [6.45, 7) is 2.87. The van der Waals surface area contributed by atoms with Gasteiger partial charge in [-0.1, -0.05) is 76.6 Å². The van der Waals surface area contributed by atoms with Crippen molar-refractivity contribution in [2.75, 3.05) is 13.1 Å². The number of amides is 2. The number of piperazine rings is 1. The highest BCUT2D eigenvalue weighted by atomic mass is 79.9. The zero-order valence-electron chi connectivity index (χ0n) is 18.8. The van der Waals surface area contributed by atoms with Crippen LogP contribution < -0.4 is 0 Å². The molecule has 6 heteroatoms. The van der Waals surface area contributed by atoms with Crippen LogP contribution in [0.25, 0.3) is 10.9 Å². The predicted octanol–water partition coefficient (Wildman–Crippen LogP) is 5.16. The second kappa shape index (κ2) is 7.84. The number of rotatable bonds is 3. The molecule has 1 aromatic heterocycles. The third-order valence-electron chi connectivity index (χ3n) is 7.31. The van der Waals surface area contributed by atoms with Crippen LogP contribution in [0.5, 0.6) is 0 Å². The smallest absolute Gasteiger partial charge is 0.255 e. The van der Waals surface area contributed by atoms with Crippen LogP contribution in [0, 0.1) is 0 Å². The number of nitrogens with one attached hydrogen (secondary N) is 1. The minimum Gasteiger partial charge on any atom is -0.356 e. The van der Waals surface area contributed by atoms with Crippen molar-refractivity contribution in [2.24, 2.45) is 0 Å². The lowest BCUT2D eigenvalue weighted by molar-refractivity contribution is -0.166. The quantitative estimate of drug-likeness (QED) is 0.411. The van der Waals surface area contributed by atoms with Gasteiger partial charge in [-0.15, -0.1) is 0 Å². The van der Waals surface area contributed by atoms with Crippen LogP contribution in [0.15, 0.2) is 83.3 Å². The minimum atomic E-state index is -1.08. The minimum absolute atomic E-state index is 0.0234. The summed E-state index contributed by atoms with van der Waals surface area (Å²) in [7, 11) is 0. The molecule has 0 unspecified atom stereocenters. The number of nitrogens with zero attached hydrogens (tertiary/aromatic N) is 2. The highest BCUT2D eigenvalue weighted by molar-refractivity contribution is 9.10. The van der Waals surface area contributed by atoms with E-state index in [1.807, 2.05) is 67.6 Å². The van der Waals surface area contributed by atoms with Gasteiger partial charge < -0.3 is 14.8 Å². The number of aromatic amines is 1.